The Bertz CT molecular complexity index is 777. The van der Waals surface area contributed by atoms with Crippen molar-refractivity contribution in [2.75, 3.05) is 13.7 Å². The first-order chi connectivity index (χ1) is 12.6. The van der Waals surface area contributed by atoms with Crippen LogP contribution in [0.3, 0.4) is 0 Å². The Balaban J connectivity index is 0.00000261. The Kier molecular flexibility index (Phi) is 7.96. The van der Waals surface area contributed by atoms with Gasteiger partial charge in [-0.1, -0.05) is 35.9 Å². The second-order valence-corrected chi connectivity index (χ2v) is 7.15. The van der Waals surface area contributed by atoms with E-state index in [9.17, 15) is 4.79 Å². The number of hydrogen-bond acceptors (Lipinski definition) is 3. The number of hydrogen-bond donors (Lipinski definition) is 2. The Morgan fingerprint density at radius 2 is 2.07 bits per heavy atom. The average Bonchev–Trinajstić information content (AvgIpc) is 3.13. The molecule has 1 aliphatic heterocycles. The van der Waals surface area contributed by atoms with E-state index in [0.29, 0.717) is 11.4 Å². The summed E-state index contributed by atoms with van der Waals surface area (Å²) in [4.78, 5) is 12.7. The van der Waals surface area contributed by atoms with Crippen molar-refractivity contribution >= 4 is 29.9 Å². The summed E-state index contributed by atoms with van der Waals surface area (Å²) in [5.41, 5.74) is 2.97. The molecule has 0 aromatic heterocycles. The first kappa shape index (κ1) is 21.5. The van der Waals surface area contributed by atoms with Crippen molar-refractivity contribution in [1.82, 2.24) is 10.6 Å². The van der Waals surface area contributed by atoms with Crippen LogP contribution in [0, 0.1) is 6.92 Å². The van der Waals surface area contributed by atoms with E-state index in [2.05, 4.69) is 10.6 Å². The third kappa shape index (κ3) is 5.38. The molecule has 4 nitrogen and oxygen atoms in total. The van der Waals surface area contributed by atoms with Crippen molar-refractivity contribution < 1.29 is 9.53 Å². The van der Waals surface area contributed by atoms with Gasteiger partial charge in [-0.05, 0) is 61.2 Å². The molecule has 27 heavy (non-hydrogen) atoms. The van der Waals surface area contributed by atoms with E-state index in [-0.39, 0.29) is 30.4 Å². The maximum Gasteiger partial charge on any atom is 0.222 e. The maximum atomic E-state index is 12.7. The van der Waals surface area contributed by atoms with E-state index >= 15 is 0 Å². The molecule has 0 aliphatic carbocycles. The van der Waals surface area contributed by atoms with Gasteiger partial charge in [-0.25, -0.2) is 0 Å². The van der Waals surface area contributed by atoms with Gasteiger partial charge in [0.15, 0.2) is 0 Å². The quantitative estimate of drug-likeness (QED) is 0.743. The van der Waals surface area contributed by atoms with Crippen molar-refractivity contribution in [3.63, 3.8) is 0 Å². The van der Waals surface area contributed by atoms with E-state index in [1.165, 1.54) is 0 Å². The highest BCUT2D eigenvalue weighted by Crippen LogP contribution is 2.32. The summed E-state index contributed by atoms with van der Waals surface area (Å²) < 4.78 is 5.31. The Hall–Kier alpha value is -1.75. The molecular formula is C21H26Cl2N2O2. The molecule has 0 bridgehead atoms. The minimum absolute atomic E-state index is 0. The molecule has 0 saturated carbocycles. The molecule has 2 atom stereocenters. The van der Waals surface area contributed by atoms with Crippen LogP contribution in [0.15, 0.2) is 42.5 Å². The van der Waals surface area contributed by atoms with Crippen molar-refractivity contribution in [1.29, 1.82) is 0 Å². The van der Waals surface area contributed by atoms with Crippen molar-refractivity contribution in [3.8, 4) is 5.75 Å². The number of carbonyl (C=O) groups excluding carboxylic acids is 1. The SMILES string of the molecule is COc1ccc(C(NC(=O)CC2CCCN2)c2ccccc2Cl)c(C)c1.Cl. The lowest BCUT2D eigenvalue weighted by atomic mass is 9.94. The fraction of sp³-hybridized carbons (Fsp3) is 0.381. The van der Waals surface area contributed by atoms with Gasteiger partial charge in [0.05, 0.1) is 13.2 Å². The summed E-state index contributed by atoms with van der Waals surface area (Å²) in [6, 6.07) is 13.5. The number of aryl methyl sites for hydroxylation is 1. The molecule has 0 spiro atoms. The number of nitrogens with one attached hydrogen (secondary N) is 2. The van der Waals surface area contributed by atoms with E-state index in [0.717, 1.165) is 41.8 Å². The second kappa shape index (κ2) is 9.98. The summed E-state index contributed by atoms with van der Waals surface area (Å²) in [5.74, 6) is 0.829. The number of methoxy groups -OCH3 is 1. The monoisotopic (exact) mass is 408 g/mol. The van der Waals surface area contributed by atoms with E-state index in [1.807, 2.05) is 49.4 Å². The molecule has 2 N–H and O–H groups in total. The Morgan fingerprint density at radius 3 is 2.70 bits per heavy atom. The summed E-state index contributed by atoms with van der Waals surface area (Å²) in [5, 5.41) is 7.21. The third-order valence-corrected chi connectivity index (χ3v) is 5.25. The van der Waals surface area contributed by atoms with Crippen LogP contribution in [-0.4, -0.2) is 25.6 Å². The van der Waals surface area contributed by atoms with Crippen LogP contribution in [0.25, 0.3) is 0 Å². The fourth-order valence-electron chi connectivity index (χ4n) is 3.51. The first-order valence-electron chi connectivity index (χ1n) is 9.00. The molecule has 3 rings (SSSR count). The van der Waals surface area contributed by atoms with Crippen LogP contribution in [0.2, 0.25) is 5.02 Å². The summed E-state index contributed by atoms with van der Waals surface area (Å²) in [7, 11) is 1.65. The van der Waals surface area contributed by atoms with Crippen LogP contribution in [0.1, 0.15) is 42.0 Å². The van der Waals surface area contributed by atoms with Gasteiger partial charge in [-0.3, -0.25) is 4.79 Å². The van der Waals surface area contributed by atoms with Crippen LogP contribution >= 0.6 is 24.0 Å². The van der Waals surface area contributed by atoms with Gasteiger partial charge in [-0.2, -0.15) is 0 Å². The van der Waals surface area contributed by atoms with E-state index in [1.54, 1.807) is 7.11 Å². The highest BCUT2D eigenvalue weighted by molar-refractivity contribution is 6.31. The van der Waals surface area contributed by atoms with E-state index in [4.69, 9.17) is 16.3 Å². The van der Waals surface area contributed by atoms with Gasteiger partial charge >= 0.3 is 0 Å². The molecule has 146 valence electrons. The zero-order chi connectivity index (χ0) is 18.5. The first-order valence-corrected chi connectivity index (χ1v) is 9.38. The Morgan fingerprint density at radius 1 is 1.30 bits per heavy atom. The number of amides is 1. The number of halogens is 2. The molecule has 1 aliphatic rings. The molecule has 1 amide bonds. The van der Waals surface area contributed by atoms with Crippen molar-refractivity contribution in [2.24, 2.45) is 0 Å². The molecule has 1 heterocycles. The fourth-order valence-corrected chi connectivity index (χ4v) is 3.75. The molecule has 6 heteroatoms. The smallest absolute Gasteiger partial charge is 0.222 e. The lowest BCUT2D eigenvalue weighted by Crippen LogP contribution is -2.35. The Labute approximate surface area is 172 Å². The number of ether oxygens (including phenoxy) is 1. The highest BCUT2D eigenvalue weighted by Gasteiger charge is 2.24. The van der Waals surface area contributed by atoms with Gasteiger partial charge in [0, 0.05) is 17.5 Å². The highest BCUT2D eigenvalue weighted by atomic mass is 35.5. The van der Waals surface area contributed by atoms with Crippen molar-refractivity contribution in [2.45, 2.75) is 38.3 Å². The maximum absolute atomic E-state index is 12.7. The summed E-state index contributed by atoms with van der Waals surface area (Å²) in [6.07, 6.45) is 2.66. The van der Waals surface area contributed by atoms with Crippen LogP contribution in [0.5, 0.6) is 5.75 Å². The average molecular weight is 409 g/mol. The molecule has 1 saturated heterocycles. The van der Waals surface area contributed by atoms with Gasteiger partial charge in [0.25, 0.3) is 0 Å². The molecule has 2 aromatic carbocycles. The zero-order valence-corrected chi connectivity index (χ0v) is 17.2. The van der Waals surface area contributed by atoms with E-state index < -0.39 is 0 Å². The van der Waals surface area contributed by atoms with Crippen LogP contribution in [-0.2, 0) is 4.79 Å². The second-order valence-electron chi connectivity index (χ2n) is 6.74. The predicted molar refractivity (Wildman–Crippen MR) is 112 cm³/mol. The number of rotatable bonds is 6. The molecule has 1 fully saturated rings. The molecule has 2 unspecified atom stereocenters. The van der Waals surface area contributed by atoms with Crippen LogP contribution < -0.4 is 15.4 Å². The topological polar surface area (TPSA) is 50.4 Å². The summed E-state index contributed by atoms with van der Waals surface area (Å²) >= 11 is 6.45. The standard InChI is InChI=1S/C21H25ClN2O2.ClH/c1-14-12-16(26-2)9-10-17(14)21(18-7-3-4-8-19(18)22)24-20(25)13-15-6-5-11-23-15;/h3-4,7-10,12,15,21,23H,5-6,11,13H2,1-2H3,(H,24,25);1H. The largest absolute Gasteiger partial charge is 0.497 e. The molecular weight excluding hydrogens is 383 g/mol. The lowest BCUT2D eigenvalue weighted by Gasteiger charge is -2.24. The lowest BCUT2D eigenvalue weighted by molar-refractivity contribution is -0.122. The molecule has 2 aromatic rings. The van der Waals surface area contributed by atoms with Gasteiger partial charge in [0.2, 0.25) is 5.91 Å². The van der Waals surface area contributed by atoms with Gasteiger partial charge in [0.1, 0.15) is 5.75 Å². The van der Waals surface area contributed by atoms with Gasteiger partial charge < -0.3 is 15.4 Å². The van der Waals surface area contributed by atoms with Crippen LogP contribution in [0.4, 0.5) is 0 Å². The molecule has 0 radical (unpaired) electrons. The summed E-state index contributed by atoms with van der Waals surface area (Å²) in [6.45, 7) is 3.01. The minimum atomic E-state index is -0.288. The number of benzene rings is 2. The zero-order valence-electron chi connectivity index (χ0n) is 15.6. The third-order valence-electron chi connectivity index (χ3n) is 4.90. The van der Waals surface area contributed by atoms with Gasteiger partial charge in [-0.15, -0.1) is 12.4 Å². The minimum Gasteiger partial charge on any atom is -0.497 e. The number of carbonyl (C=O) groups is 1. The van der Waals surface area contributed by atoms with Crippen molar-refractivity contribution in [3.05, 3.63) is 64.2 Å². The predicted octanol–water partition coefficient (Wildman–Crippen LogP) is 4.43. The normalized spacial score (nSPS) is 17.1.